The Kier molecular flexibility index (Phi) is 5.83. The standard InChI is InChI=1S/C23H20FN3O3S/c24-20-5-2-7-23(15-20)31(29,30)26(17-19-4-1-6-22(28)14-19)16-18-8-10-21(11-9-18)27-13-3-12-25-27/h1-15,28H,16-17H2. The van der Waals surface area contributed by atoms with Crippen LogP contribution >= 0.6 is 0 Å². The summed E-state index contributed by atoms with van der Waals surface area (Å²) in [4.78, 5) is -0.124. The zero-order valence-electron chi connectivity index (χ0n) is 16.5. The highest BCUT2D eigenvalue weighted by Gasteiger charge is 2.25. The van der Waals surface area contributed by atoms with Gasteiger partial charge in [-0.25, -0.2) is 17.5 Å². The fraction of sp³-hybridized carbons (Fsp3) is 0.0870. The quantitative estimate of drug-likeness (QED) is 0.472. The normalized spacial score (nSPS) is 11.7. The minimum Gasteiger partial charge on any atom is -0.508 e. The molecule has 31 heavy (non-hydrogen) atoms. The van der Waals surface area contributed by atoms with Crippen molar-refractivity contribution >= 4 is 10.0 Å². The summed E-state index contributed by atoms with van der Waals surface area (Å²) in [6.07, 6.45) is 3.49. The third kappa shape index (κ3) is 4.82. The molecule has 0 fully saturated rings. The number of benzene rings is 3. The molecule has 0 amide bonds. The average molecular weight is 437 g/mol. The highest BCUT2D eigenvalue weighted by atomic mass is 32.2. The number of hydrogen-bond acceptors (Lipinski definition) is 4. The van der Waals surface area contributed by atoms with Gasteiger partial charge in [0, 0.05) is 25.5 Å². The van der Waals surface area contributed by atoms with Gasteiger partial charge in [0.2, 0.25) is 10.0 Å². The molecule has 0 bridgehead atoms. The largest absolute Gasteiger partial charge is 0.508 e. The lowest BCUT2D eigenvalue weighted by Crippen LogP contribution is -2.30. The topological polar surface area (TPSA) is 75.4 Å². The number of sulfonamides is 1. The number of halogens is 1. The highest BCUT2D eigenvalue weighted by Crippen LogP contribution is 2.23. The Morgan fingerprint density at radius 2 is 1.65 bits per heavy atom. The van der Waals surface area contributed by atoms with Crippen LogP contribution in [0.1, 0.15) is 11.1 Å². The average Bonchev–Trinajstić information content (AvgIpc) is 3.29. The predicted octanol–water partition coefficient (Wildman–Crippen LogP) is 4.11. The van der Waals surface area contributed by atoms with E-state index in [0.29, 0.717) is 5.56 Å². The van der Waals surface area contributed by atoms with Crippen molar-refractivity contribution in [3.63, 3.8) is 0 Å². The molecule has 0 radical (unpaired) electrons. The van der Waals surface area contributed by atoms with Crippen LogP contribution in [0, 0.1) is 5.82 Å². The molecule has 0 saturated carbocycles. The van der Waals surface area contributed by atoms with Gasteiger partial charge in [-0.1, -0.05) is 30.3 Å². The van der Waals surface area contributed by atoms with Crippen molar-refractivity contribution in [2.45, 2.75) is 18.0 Å². The monoisotopic (exact) mass is 437 g/mol. The van der Waals surface area contributed by atoms with Gasteiger partial charge in [-0.05, 0) is 59.7 Å². The lowest BCUT2D eigenvalue weighted by atomic mass is 10.2. The van der Waals surface area contributed by atoms with E-state index in [0.717, 1.165) is 17.3 Å². The number of rotatable bonds is 7. The number of nitrogens with zero attached hydrogens (tertiary/aromatic N) is 3. The number of phenols is 1. The first-order chi connectivity index (χ1) is 14.9. The smallest absolute Gasteiger partial charge is 0.243 e. The van der Waals surface area contributed by atoms with Gasteiger partial charge < -0.3 is 5.11 Å². The van der Waals surface area contributed by atoms with Gasteiger partial charge in [-0.3, -0.25) is 0 Å². The number of aromatic hydroxyl groups is 1. The minimum atomic E-state index is -3.99. The van der Waals surface area contributed by atoms with Crippen molar-refractivity contribution in [1.82, 2.24) is 14.1 Å². The van der Waals surface area contributed by atoms with Crippen molar-refractivity contribution < 1.29 is 17.9 Å². The summed E-state index contributed by atoms with van der Waals surface area (Å²) in [5.74, 6) is -0.578. The maximum atomic E-state index is 13.7. The number of phenolic OH excluding ortho intramolecular Hbond substituents is 1. The van der Waals surface area contributed by atoms with Gasteiger partial charge in [0.05, 0.1) is 10.6 Å². The summed E-state index contributed by atoms with van der Waals surface area (Å²) >= 11 is 0. The first kappa shape index (κ1) is 20.8. The molecule has 0 atom stereocenters. The summed E-state index contributed by atoms with van der Waals surface area (Å²) in [6.45, 7) is 0.0993. The second-order valence-electron chi connectivity index (χ2n) is 7.02. The Hall–Kier alpha value is -3.49. The molecule has 1 N–H and O–H groups in total. The van der Waals surface area contributed by atoms with Crippen LogP contribution in [0.15, 0.2) is 96.2 Å². The Morgan fingerprint density at radius 1 is 0.903 bits per heavy atom. The third-order valence-corrected chi connectivity index (χ3v) is 6.56. The third-order valence-electron chi connectivity index (χ3n) is 4.77. The Labute approximate surface area is 179 Å². The molecular formula is C23H20FN3O3S. The minimum absolute atomic E-state index is 0.0220. The van der Waals surface area contributed by atoms with Crippen molar-refractivity contribution in [3.05, 3.63) is 108 Å². The Bertz CT molecular complexity index is 1270. The predicted molar refractivity (Wildman–Crippen MR) is 115 cm³/mol. The van der Waals surface area contributed by atoms with Crippen LogP contribution < -0.4 is 0 Å². The SMILES string of the molecule is O=S(=O)(c1cccc(F)c1)N(Cc1ccc(-n2cccn2)cc1)Cc1cccc(O)c1. The summed E-state index contributed by atoms with van der Waals surface area (Å²) in [7, 11) is -3.99. The molecule has 0 saturated heterocycles. The van der Waals surface area contributed by atoms with Crippen LogP contribution in [0.5, 0.6) is 5.75 Å². The molecule has 0 aliphatic rings. The molecule has 1 aromatic heterocycles. The molecule has 0 spiro atoms. The van der Waals surface area contributed by atoms with Crippen LogP contribution in [-0.4, -0.2) is 27.6 Å². The van der Waals surface area contributed by atoms with Crippen molar-refractivity contribution in [2.24, 2.45) is 0 Å². The molecular weight excluding hydrogens is 417 g/mol. The summed E-state index contributed by atoms with van der Waals surface area (Å²) in [5.41, 5.74) is 2.23. The molecule has 4 aromatic rings. The molecule has 8 heteroatoms. The van der Waals surface area contributed by atoms with Gasteiger partial charge >= 0.3 is 0 Å². The van der Waals surface area contributed by atoms with Crippen LogP contribution in [0.4, 0.5) is 4.39 Å². The maximum Gasteiger partial charge on any atom is 0.243 e. The van der Waals surface area contributed by atoms with E-state index in [-0.39, 0.29) is 23.7 Å². The first-order valence-electron chi connectivity index (χ1n) is 9.54. The van der Waals surface area contributed by atoms with Crippen molar-refractivity contribution in [1.29, 1.82) is 0 Å². The number of hydrogen-bond donors (Lipinski definition) is 1. The van der Waals surface area contributed by atoms with E-state index >= 15 is 0 Å². The Morgan fingerprint density at radius 3 is 2.32 bits per heavy atom. The molecule has 3 aromatic carbocycles. The second kappa shape index (κ2) is 8.71. The highest BCUT2D eigenvalue weighted by molar-refractivity contribution is 7.89. The molecule has 6 nitrogen and oxygen atoms in total. The zero-order valence-corrected chi connectivity index (χ0v) is 17.3. The van der Waals surface area contributed by atoms with Crippen LogP contribution in [0.25, 0.3) is 5.69 Å². The van der Waals surface area contributed by atoms with E-state index in [2.05, 4.69) is 5.10 Å². The summed E-state index contributed by atoms with van der Waals surface area (Å²) < 4.78 is 43.3. The lowest BCUT2D eigenvalue weighted by molar-refractivity contribution is 0.399. The number of aromatic nitrogens is 2. The van der Waals surface area contributed by atoms with Crippen LogP contribution in [0.3, 0.4) is 0 Å². The van der Waals surface area contributed by atoms with Crippen molar-refractivity contribution in [2.75, 3.05) is 0 Å². The van der Waals surface area contributed by atoms with Gasteiger partial charge in [0.1, 0.15) is 11.6 Å². The lowest BCUT2D eigenvalue weighted by Gasteiger charge is -2.23. The van der Waals surface area contributed by atoms with Crippen LogP contribution in [0.2, 0.25) is 0 Å². The van der Waals surface area contributed by atoms with Gasteiger partial charge in [-0.2, -0.15) is 9.40 Å². The first-order valence-corrected chi connectivity index (χ1v) is 11.0. The molecule has 0 unspecified atom stereocenters. The maximum absolute atomic E-state index is 13.7. The second-order valence-corrected chi connectivity index (χ2v) is 8.96. The van der Waals surface area contributed by atoms with E-state index < -0.39 is 15.8 Å². The van der Waals surface area contributed by atoms with E-state index in [4.69, 9.17) is 0 Å². The molecule has 4 rings (SSSR count). The van der Waals surface area contributed by atoms with Gasteiger partial charge in [0.25, 0.3) is 0 Å². The fourth-order valence-corrected chi connectivity index (χ4v) is 4.69. The molecule has 0 aliphatic carbocycles. The van der Waals surface area contributed by atoms with Crippen LogP contribution in [-0.2, 0) is 23.1 Å². The van der Waals surface area contributed by atoms with E-state index in [1.54, 1.807) is 23.0 Å². The Balaban J connectivity index is 1.66. The van der Waals surface area contributed by atoms with E-state index in [1.165, 1.54) is 34.6 Å². The zero-order chi connectivity index (χ0) is 21.8. The van der Waals surface area contributed by atoms with Gasteiger partial charge in [0.15, 0.2) is 0 Å². The fourth-order valence-electron chi connectivity index (χ4n) is 3.24. The van der Waals surface area contributed by atoms with E-state index in [1.807, 2.05) is 36.5 Å². The molecule has 0 aliphatic heterocycles. The summed E-state index contributed by atoms with van der Waals surface area (Å²) in [6, 6.07) is 20.5. The van der Waals surface area contributed by atoms with E-state index in [9.17, 15) is 17.9 Å². The molecule has 158 valence electrons. The summed E-state index contributed by atoms with van der Waals surface area (Å²) in [5, 5.41) is 13.9. The van der Waals surface area contributed by atoms with Crippen molar-refractivity contribution in [3.8, 4) is 11.4 Å². The van der Waals surface area contributed by atoms with Gasteiger partial charge in [-0.15, -0.1) is 0 Å². The molecule has 1 heterocycles.